The van der Waals surface area contributed by atoms with Crippen LogP contribution in [0.15, 0.2) is 12.2 Å². The van der Waals surface area contributed by atoms with Crippen molar-refractivity contribution in [3.63, 3.8) is 0 Å². The predicted molar refractivity (Wildman–Crippen MR) is 54.1 cm³/mol. The molecule has 0 spiro atoms. The molecule has 0 radical (unpaired) electrons. The molecule has 1 unspecified atom stereocenters. The molecule has 1 rings (SSSR count). The van der Waals surface area contributed by atoms with E-state index in [9.17, 15) is 9.59 Å². The van der Waals surface area contributed by atoms with Gasteiger partial charge in [-0.1, -0.05) is 0 Å². The van der Waals surface area contributed by atoms with Crippen LogP contribution in [0.2, 0.25) is 0 Å². The molecule has 0 aliphatic carbocycles. The summed E-state index contributed by atoms with van der Waals surface area (Å²) in [4.78, 5) is 22.1. The molecule has 4 heteroatoms. The van der Waals surface area contributed by atoms with Crippen LogP contribution < -0.4 is 0 Å². The number of hydrogen-bond donors (Lipinski definition) is 0. The standard InChI is InChI=1S/C11H16O4/c1-9-5-3-2-4-8-14-10(12)6-7-11(13)15-9/h6-7,9H,2-5,8H2,1H3/b7-6-. The van der Waals surface area contributed by atoms with Crippen LogP contribution in [-0.4, -0.2) is 24.6 Å². The molecule has 4 nitrogen and oxygen atoms in total. The van der Waals surface area contributed by atoms with Crippen molar-refractivity contribution in [1.82, 2.24) is 0 Å². The van der Waals surface area contributed by atoms with Crippen molar-refractivity contribution in [2.24, 2.45) is 0 Å². The number of carbonyl (C=O) groups excluding carboxylic acids is 2. The lowest BCUT2D eigenvalue weighted by Crippen LogP contribution is -2.14. The first kappa shape index (κ1) is 11.8. The smallest absolute Gasteiger partial charge is 0.331 e. The Kier molecular flexibility index (Phi) is 4.87. The quantitative estimate of drug-likeness (QED) is 0.572. The van der Waals surface area contributed by atoms with Crippen LogP contribution in [-0.2, 0) is 19.1 Å². The molecule has 0 N–H and O–H groups in total. The summed E-state index contributed by atoms with van der Waals surface area (Å²) >= 11 is 0. The van der Waals surface area contributed by atoms with E-state index in [1.54, 1.807) is 0 Å². The van der Waals surface area contributed by atoms with Gasteiger partial charge in [0, 0.05) is 12.2 Å². The van der Waals surface area contributed by atoms with Gasteiger partial charge in [0.1, 0.15) is 0 Å². The summed E-state index contributed by atoms with van der Waals surface area (Å²) < 4.78 is 9.89. The van der Waals surface area contributed by atoms with Gasteiger partial charge in [-0.25, -0.2) is 9.59 Å². The summed E-state index contributed by atoms with van der Waals surface area (Å²) in [6, 6.07) is 0. The molecule has 1 aliphatic rings. The fourth-order valence-electron chi connectivity index (χ4n) is 1.36. The Morgan fingerprint density at radius 1 is 1.13 bits per heavy atom. The van der Waals surface area contributed by atoms with E-state index in [0.29, 0.717) is 6.61 Å². The molecular weight excluding hydrogens is 196 g/mol. The van der Waals surface area contributed by atoms with Crippen molar-refractivity contribution < 1.29 is 19.1 Å². The van der Waals surface area contributed by atoms with Crippen LogP contribution in [0.3, 0.4) is 0 Å². The van der Waals surface area contributed by atoms with Crippen molar-refractivity contribution >= 4 is 11.9 Å². The van der Waals surface area contributed by atoms with Crippen LogP contribution >= 0.6 is 0 Å². The number of esters is 2. The third-order valence-corrected chi connectivity index (χ3v) is 2.17. The Morgan fingerprint density at radius 2 is 1.87 bits per heavy atom. The molecule has 0 aromatic heterocycles. The minimum Gasteiger partial charge on any atom is -0.463 e. The number of ether oxygens (including phenoxy) is 2. The highest BCUT2D eigenvalue weighted by Gasteiger charge is 2.08. The van der Waals surface area contributed by atoms with Crippen molar-refractivity contribution in [1.29, 1.82) is 0 Å². The molecule has 1 aliphatic heterocycles. The van der Waals surface area contributed by atoms with Crippen LogP contribution in [0.25, 0.3) is 0 Å². The maximum Gasteiger partial charge on any atom is 0.331 e. The van der Waals surface area contributed by atoms with Gasteiger partial charge in [0.2, 0.25) is 0 Å². The highest BCUT2D eigenvalue weighted by molar-refractivity contribution is 5.91. The Balaban J connectivity index is 2.52. The minimum absolute atomic E-state index is 0.0856. The van der Waals surface area contributed by atoms with Crippen LogP contribution in [0, 0.1) is 0 Å². The second-order valence-electron chi connectivity index (χ2n) is 3.60. The lowest BCUT2D eigenvalue weighted by Gasteiger charge is -2.12. The Bertz CT molecular complexity index is 257. The van der Waals surface area contributed by atoms with Gasteiger partial charge in [0.15, 0.2) is 0 Å². The van der Waals surface area contributed by atoms with E-state index in [0.717, 1.165) is 37.8 Å². The number of cyclic esters (lactones) is 2. The summed E-state index contributed by atoms with van der Waals surface area (Å²) in [7, 11) is 0. The minimum atomic E-state index is -0.486. The molecular formula is C11H16O4. The zero-order valence-electron chi connectivity index (χ0n) is 8.90. The number of hydrogen-bond acceptors (Lipinski definition) is 4. The monoisotopic (exact) mass is 212 g/mol. The van der Waals surface area contributed by atoms with Gasteiger partial charge in [-0.05, 0) is 32.6 Å². The molecule has 1 atom stereocenters. The molecule has 0 saturated heterocycles. The van der Waals surface area contributed by atoms with Crippen molar-refractivity contribution in [2.75, 3.05) is 6.61 Å². The Labute approximate surface area is 89.2 Å². The normalized spacial score (nSPS) is 26.9. The second-order valence-corrected chi connectivity index (χ2v) is 3.60. The van der Waals surface area contributed by atoms with Gasteiger partial charge in [-0.3, -0.25) is 0 Å². The highest BCUT2D eigenvalue weighted by Crippen LogP contribution is 2.08. The van der Waals surface area contributed by atoms with Crippen molar-refractivity contribution in [3.05, 3.63) is 12.2 Å². The van der Waals surface area contributed by atoms with E-state index < -0.39 is 11.9 Å². The first-order valence-electron chi connectivity index (χ1n) is 5.24. The van der Waals surface area contributed by atoms with Crippen molar-refractivity contribution in [2.45, 2.75) is 38.7 Å². The third-order valence-electron chi connectivity index (χ3n) is 2.17. The average Bonchev–Trinajstić information content (AvgIpc) is 2.18. The molecule has 84 valence electrons. The Hall–Kier alpha value is -1.32. The molecule has 0 bridgehead atoms. The van der Waals surface area contributed by atoms with E-state index >= 15 is 0 Å². The van der Waals surface area contributed by atoms with Crippen molar-refractivity contribution in [3.8, 4) is 0 Å². The third kappa shape index (κ3) is 5.20. The average molecular weight is 212 g/mol. The predicted octanol–water partition coefficient (Wildman–Crippen LogP) is 1.59. The molecule has 0 amide bonds. The zero-order valence-corrected chi connectivity index (χ0v) is 8.90. The molecule has 0 aromatic rings. The number of carbonyl (C=O) groups is 2. The maximum absolute atomic E-state index is 11.1. The first-order chi connectivity index (χ1) is 7.18. The van der Waals surface area contributed by atoms with Gasteiger partial charge < -0.3 is 9.47 Å². The summed E-state index contributed by atoms with van der Waals surface area (Å²) in [5.41, 5.74) is 0. The fraction of sp³-hybridized carbons (Fsp3) is 0.636. The van der Waals surface area contributed by atoms with Crippen LogP contribution in [0.4, 0.5) is 0 Å². The molecule has 1 heterocycles. The van der Waals surface area contributed by atoms with E-state index in [1.807, 2.05) is 6.92 Å². The Morgan fingerprint density at radius 3 is 2.67 bits per heavy atom. The van der Waals surface area contributed by atoms with Gasteiger partial charge in [0.25, 0.3) is 0 Å². The lowest BCUT2D eigenvalue weighted by atomic mass is 10.1. The van der Waals surface area contributed by atoms with E-state index in [1.165, 1.54) is 0 Å². The van der Waals surface area contributed by atoms with E-state index in [-0.39, 0.29) is 6.10 Å². The van der Waals surface area contributed by atoms with E-state index in [4.69, 9.17) is 9.47 Å². The second kappa shape index (κ2) is 6.22. The summed E-state index contributed by atoms with van der Waals surface area (Å²) in [6.45, 7) is 2.28. The lowest BCUT2D eigenvalue weighted by molar-refractivity contribution is -0.144. The zero-order chi connectivity index (χ0) is 11.1. The fourth-order valence-corrected chi connectivity index (χ4v) is 1.36. The molecule has 0 aromatic carbocycles. The highest BCUT2D eigenvalue weighted by atomic mass is 16.5. The summed E-state index contributed by atoms with van der Waals surface area (Å²) in [6.07, 6.45) is 5.82. The molecule has 0 fully saturated rings. The molecule has 0 saturated carbocycles. The van der Waals surface area contributed by atoms with Crippen LogP contribution in [0.1, 0.15) is 32.6 Å². The SMILES string of the molecule is CC1CCCCCOC(=O)/C=C\C(=O)O1. The van der Waals surface area contributed by atoms with Gasteiger partial charge in [-0.2, -0.15) is 0 Å². The first-order valence-corrected chi connectivity index (χ1v) is 5.24. The van der Waals surface area contributed by atoms with Gasteiger partial charge in [0.05, 0.1) is 12.7 Å². The number of rotatable bonds is 0. The van der Waals surface area contributed by atoms with Crippen LogP contribution in [0.5, 0.6) is 0 Å². The maximum atomic E-state index is 11.1. The summed E-state index contributed by atoms with van der Waals surface area (Å²) in [5, 5.41) is 0. The van der Waals surface area contributed by atoms with E-state index in [2.05, 4.69) is 0 Å². The topological polar surface area (TPSA) is 52.6 Å². The largest absolute Gasteiger partial charge is 0.463 e. The summed E-state index contributed by atoms with van der Waals surface area (Å²) in [5.74, 6) is -0.972. The van der Waals surface area contributed by atoms with Gasteiger partial charge in [-0.15, -0.1) is 0 Å². The molecule has 15 heavy (non-hydrogen) atoms. The van der Waals surface area contributed by atoms with Gasteiger partial charge >= 0.3 is 11.9 Å².